The molecule has 0 spiro atoms. The summed E-state index contributed by atoms with van der Waals surface area (Å²) in [5.74, 6) is -1.73. The Morgan fingerprint density at radius 2 is 2.31 bits per heavy atom. The molecule has 4 nitrogen and oxygen atoms in total. The molecule has 0 aliphatic rings. The number of nitrogens with zero attached hydrogens (tertiary/aromatic N) is 2. The number of halogens is 1. The third-order valence-electron chi connectivity index (χ3n) is 1.73. The number of rotatable bonds is 3. The van der Waals surface area contributed by atoms with Crippen molar-refractivity contribution in [1.29, 1.82) is 0 Å². The van der Waals surface area contributed by atoms with Crippen LogP contribution in [0.15, 0.2) is 33.8 Å². The topological polar surface area (TPSA) is 63.1 Å². The van der Waals surface area contributed by atoms with Crippen LogP contribution in [0, 0.1) is 5.82 Å². The molecule has 0 unspecified atom stereocenters. The fraction of sp³-hybridized carbons (Fsp3) is 0. The maximum absolute atomic E-state index is 13.5. The number of aromatic carboxylic acids is 1. The predicted molar refractivity (Wildman–Crippen MR) is 57.4 cm³/mol. The van der Waals surface area contributed by atoms with E-state index in [1.54, 1.807) is 0 Å². The van der Waals surface area contributed by atoms with E-state index in [-0.39, 0.29) is 10.5 Å². The zero-order valence-electron chi connectivity index (χ0n) is 7.75. The standard InChI is InChI=1S/C9H5FN2O2S2/c10-6-3-1-2-5(8(13)14)7(6)15-9-11-4-12-16-9/h1-4H,(H,13,14). The van der Waals surface area contributed by atoms with Crippen LogP contribution in [-0.4, -0.2) is 20.4 Å². The van der Waals surface area contributed by atoms with Gasteiger partial charge in [-0.25, -0.2) is 14.2 Å². The average Bonchev–Trinajstić information content (AvgIpc) is 2.73. The summed E-state index contributed by atoms with van der Waals surface area (Å²) in [7, 11) is 0. The van der Waals surface area contributed by atoms with Crippen LogP contribution in [0.1, 0.15) is 10.4 Å². The highest BCUT2D eigenvalue weighted by molar-refractivity contribution is 8.01. The molecule has 7 heteroatoms. The number of carbonyl (C=O) groups is 1. The summed E-state index contributed by atoms with van der Waals surface area (Å²) in [5, 5.41) is 8.91. The molecule has 1 N–H and O–H groups in total. The van der Waals surface area contributed by atoms with E-state index in [1.807, 2.05) is 0 Å². The van der Waals surface area contributed by atoms with Crippen molar-refractivity contribution in [2.75, 3.05) is 0 Å². The maximum Gasteiger partial charge on any atom is 0.336 e. The molecule has 1 aromatic carbocycles. The third kappa shape index (κ3) is 2.20. The average molecular weight is 256 g/mol. The van der Waals surface area contributed by atoms with E-state index in [2.05, 4.69) is 9.36 Å². The van der Waals surface area contributed by atoms with E-state index in [0.717, 1.165) is 23.3 Å². The van der Waals surface area contributed by atoms with Gasteiger partial charge in [0.25, 0.3) is 0 Å². The van der Waals surface area contributed by atoms with Gasteiger partial charge in [-0.1, -0.05) is 17.8 Å². The minimum absolute atomic E-state index is 0.0618. The Morgan fingerprint density at radius 1 is 1.50 bits per heavy atom. The minimum Gasteiger partial charge on any atom is -0.478 e. The number of aromatic nitrogens is 2. The van der Waals surface area contributed by atoms with E-state index >= 15 is 0 Å². The van der Waals surface area contributed by atoms with Gasteiger partial charge in [0.15, 0.2) is 4.34 Å². The lowest BCUT2D eigenvalue weighted by Gasteiger charge is -2.03. The van der Waals surface area contributed by atoms with Crippen LogP contribution in [0.25, 0.3) is 0 Å². The summed E-state index contributed by atoms with van der Waals surface area (Å²) in [6.45, 7) is 0. The van der Waals surface area contributed by atoms with Gasteiger partial charge in [0.1, 0.15) is 12.1 Å². The molecule has 0 bridgehead atoms. The summed E-state index contributed by atoms with van der Waals surface area (Å²) in [4.78, 5) is 14.8. The zero-order valence-corrected chi connectivity index (χ0v) is 9.39. The van der Waals surface area contributed by atoms with Crippen LogP contribution in [-0.2, 0) is 0 Å². The molecule has 0 fully saturated rings. The predicted octanol–water partition coefficient (Wildman–Crippen LogP) is 2.53. The second-order valence-corrected chi connectivity index (χ2v) is 4.77. The quantitative estimate of drug-likeness (QED) is 0.914. The van der Waals surface area contributed by atoms with Crippen molar-refractivity contribution in [2.45, 2.75) is 9.24 Å². The highest BCUT2D eigenvalue weighted by Gasteiger charge is 2.16. The lowest BCUT2D eigenvalue weighted by atomic mass is 10.2. The van der Waals surface area contributed by atoms with Crippen LogP contribution in [0.4, 0.5) is 4.39 Å². The van der Waals surface area contributed by atoms with Crippen LogP contribution in [0.2, 0.25) is 0 Å². The number of hydrogen-bond acceptors (Lipinski definition) is 5. The Hall–Kier alpha value is -1.47. The second-order valence-electron chi connectivity index (χ2n) is 2.73. The van der Waals surface area contributed by atoms with Crippen molar-refractivity contribution in [2.24, 2.45) is 0 Å². The minimum atomic E-state index is -1.16. The highest BCUT2D eigenvalue weighted by atomic mass is 32.2. The largest absolute Gasteiger partial charge is 0.478 e. The summed E-state index contributed by atoms with van der Waals surface area (Å²) in [6.07, 6.45) is 1.34. The van der Waals surface area contributed by atoms with Crippen LogP contribution in [0.3, 0.4) is 0 Å². The molecule has 1 heterocycles. The van der Waals surface area contributed by atoms with Gasteiger partial charge in [-0.3, -0.25) is 0 Å². The molecule has 2 rings (SSSR count). The molecule has 82 valence electrons. The summed E-state index contributed by atoms with van der Waals surface area (Å²) in [5.41, 5.74) is -0.0693. The van der Waals surface area contributed by atoms with E-state index in [9.17, 15) is 9.18 Å². The molecule has 0 atom stereocenters. The molecule has 0 aliphatic heterocycles. The van der Waals surface area contributed by atoms with Gasteiger partial charge in [-0.2, -0.15) is 4.37 Å². The molecule has 1 aromatic heterocycles. The first-order valence-electron chi connectivity index (χ1n) is 4.15. The van der Waals surface area contributed by atoms with Crippen molar-refractivity contribution in [3.05, 3.63) is 35.9 Å². The van der Waals surface area contributed by atoms with Gasteiger partial charge in [0.2, 0.25) is 0 Å². The first-order chi connectivity index (χ1) is 7.68. The molecule has 0 aliphatic carbocycles. The van der Waals surface area contributed by atoms with Gasteiger partial charge in [-0.05, 0) is 23.7 Å². The van der Waals surface area contributed by atoms with Crippen LogP contribution in [0.5, 0.6) is 0 Å². The lowest BCUT2D eigenvalue weighted by Crippen LogP contribution is -2.00. The molecule has 2 aromatic rings. The van der Waals surface area contributed by atoms with Gasteiger partial charge >= 0.3 is 5.97 Å². The molecular weight excluding hydrogens is 251 g/mol. The van der Waals surface area contributed by atoms with E-state index in [4.69, 9.17) is 5.11 Å². The molecule has 0 saturated carbocycles. The summed E-state index contributed by atoms with van der Waals surface area (Å²) < 4.78 is 17.7. The Bertz CT molecular complexity index is 516. The molecule has 0 amide bonds. The second kappa shape index (κ2) is 4.58. The monoisotopic (exact) mass is 256 g/mol. The number of carboxylic acids is 1. The summed E-state index contributed by atoms with van der Waals surface area (Å²) in [6, 6.07) is 3.94. The van der Waals surface area contributed by atoms with E-state index in [0.29, 0.717) is 4.34 Å². The fourth-order valence-electron chi connectivity index (χ4n) is 1.08. The van der Waals surface area contributed by atoms with Gasteiger partial charge < -0.3 is 5.11 Å². The van der Waals surface area contributed by atoms with Crippen molar-refractivity contribution >= 4 is 29.3 Å². The van der Waals surface area contributed by atoms with Crippen molar-refractivity contribution in [3.63, 3.8) is 0 Å². The lowest BCUT2D eigenvalue weighted by molar-refractivity contribution is 0.0692. The highest BCUT2D eigenvalue weighted by Crippen LogP contribution is 2.32. The number of carboxylic acid groups (broad SMARTS) is 1. The van der Waals surface area contributed by atoms with Gasteiger partial charge in [0.05, 0.1) is 10.5 Å². The van der Waals surface area contributed by atoms with E-state index in [1.165, 1.54) is 24.5 Å². The zero-order chi connectivity index (χ0) is 11.5. The van der Waals surface area contributed by atoms with Crippen LogP contribution >= 0.6 is 23.3 Å². The molecular formula is C9H5FN2O2S2. The van der Waals surface area contributed by atoms with Crippen molar-refractivity contribution in [3.8, 4) is 0 Å². The number of hydrogen-bond donors (Lipinski definition) is 1. The Morgan fingerprint density at radius 3 is 2.94 bits per heavy atom. The third-order valence-corrected chi connectivity index (χ3v) is 3.56. The molecule has 0 radical (unpaired) electrons. The van der Waals surface area contributed by atoms with Crippen molar-refractivity contribution < 1.29 is 14.3 Å². The Labute approximate surface area is 98.3 Å². The Balaban J connectivity index is 2.42. The fourth-order valence-corrected chi connectivity index (χ4v) is 2.59. The smallest absolute Gasteiger partial charge is 0.336 e. The van der Waals surface area contributed by atoms with Gasteiger partial charge in [-0.15, -0.1) is 0 Å². The van der Waals surface area contributed by atoms with E-state index < -0.39 is 11.8 Å². The van der Waals surface area contributed by atoms with Gasteiger partial charge in [0, 0.05) is 0 Å². The van der Waals surface area contributed by atoms with Crippen LogP contribution < -0.4 is 0 Å². The maximum atomic E-state index is 13.5. The normalized spacial score (nSPS) is 10.3. The Kier molecular flexibility index (Phi) is 3.16. The number of benzene rings is 1. The first-order valence-corrected chi connectivity index (χ1v) is 5.74. The first kappa shape index (κ1) is 11.0. The SMILES string of the molecule is O=C(O)c1cccc(F)c1Sc1ncns1. The molecule has 0 saturated heterocycles. The summed E-state index contributed by atoms with van der Waals surface area (Å²) >= 11 is 2.05. The molecule has 16 heavy (non-hydrogen) atoms. The van der Waals surface area contributed by atoms with Crippen molar-refractivity contribution in [1.82, 2.24) is 9.36 Å².